The van der Waals surface area contributed by atoms with Crippen molar-refractivity contribution >= 4 is 28.4 Å². The SMILES string of the molecule is Br.CC(=N)C(C)=N. The van der Waals surface area contributed by atoms with Crippen LogP contribution in [0.5, 0.6) is 0 Å². The molecule has 2 nitrogen and oxygen atoms in total. The largest absolute Gasteiger partial charge is 0.304 e. The number of hydrogen-bond donors (Lipinski definition) is 2. The molecule has 7 heavy (non-hydrogen) atoms. The molecule has 3 heteroatoms. The third-order valence-corrected chi connectivity index (χ3v) is 0.562. The standard InChI is InChI=1S/C4H8N2.BrH/c1-3(5)4(2)6;/h5-6H,1-2H3;1H. The van der Waals surface area contributed by atoms with E-state index in [0.29, 0.717) is 11.4 Å². The molecule has 42 valence electrons. The molecule has 0 unspecified atom stereocenters. The molecule has 0 rings (SSSR count). The van der Waals surface area contributed by atoms with E-state index in [1.54, 1.807) is 13.8 Å². The Balaban J connectivity index is 0. The van der Waals surface area contributed by atoms with Crippen LogP contribution >= 0.6 is 17.0 Å². The lowest BCUT2D eigenvalue weighted by Gasteiger charge is -1.83. The van der Waals surface area contributed by atoms with Gasteiger partial charge in [-0.2, -0.15) is 0 Å². The van der Waals surface area contributed by atoms with Crippen molar-refractivity contribution in [1.82, 2.24) is 0 Å². The second kappa shape index (κ2) is 3.99. The first-order chi connectivity index (χ1) is 2.64. The third-order valence-electron chi connectivity index (χ3n) is 0.562. The van der Waals surface area contributed by atoms with E-state index in [1.165, 1.54) is 0 Å². The van der Waals surface area contributed by atoms with Crippen molar-refractivity contribution < 1.29 is 0 Å². The van der Waals surface area contributed by atoms with Crippen LogP contribution in [0.2, 0.25) is 0 Å². The van der Waals surface area contributed by atoms with Gasteiger partial charge in [0.25, 0.3) is 0 Å². The van der Waals surface area contributed by atoms with E-state index in [9.17, 15) is 0 Å². The molecule has 2 N–H and O–H groups in total. The van der Waals surface area contributed by atoms with Gasteiger partial charge in [-0.25, -0.2) is 0 Å². The molecule has 0 aromatic rings. The highest BCUT2D eigenvalue weighted by molar-refractivity contribution is 8.93. The van der Waals surface area contributed by atoms with E-state index < -0.39 is 0 Å². The van der Waals surface area contributed by atoms with E-state index in [4.69, 9.17) is 10.8 Å². The number of rotatable bonds is 1. The zero-order chi connectivity index (χ0) is 5.15. The van der Waals surface area contributed by atoms with Gasteiger partial charge in [-0.3, -0.25) is 0 Å². The molecule has 0 radical (unpaired) electrons. The van der Waals surface area contributed by atoms with Gasteiger partial charge in [0, 0.05) is 11.4 Å². The first-order valence-electron chi connectivity index (χ1n) is 1.75. The summed E-state index contributed by atoms with van der Waals surface area (Å²) in [6, 6.07) is 0. The molecule has 0 aromatic heterocycles. The smallest absolute Gasteiger partial charge is 0.0487 e. The maximum absolute atomic E-state index is 6.72. The molecule has 0 atom stereocenters. The van der Waals surface area contributed by atoms with Crippen LogP contribution in [-0.2, 0) is 0 Å². The van der Waals surface area contributed by atoms with Crippen LogP contribution in [0.15, 0.2) is 0 Å². The Morgan fingerprint density at radius 3 is 1.14 bits per heavy atom. The molecule has 0 heterocycles. The molecule has 0 spiro atoms. The van der Waals surface area contributed by atoms with Crippen LogP contribution in [0.25, 0.3) is 0 Å². The van der Waals surface area contributed by atoms with Crippen LogP contribution in [0.4, 0.5) is 0 Å². The van der Waals surface area contributed by atoms with Gasteiger partial charge in [0.05, 0.1) is 0 Å². The zero-order valence-corrected chi connectivity index (χ0v) is 6.12. The first-order valence-corrected chi connectivity index (χ1v) is 1.75. The Morgan fingerprint density at radius 2 is 1.14 bits per heavy atom. The Bertz CT molecular complexity index is 75.7. The average molecular weight is 165 g/mol. The first kappa shape index (κ1) is 9.94. The summed E-state index contributed by atoms with van der Waals surface area (Å²) in [5, 5.41) is 13.4. The summed E-state index contributed by atoms with van der Waals surface area (Å²) >= 11 is 0. The monoisotopic (exact) mass is 164 g/mol. The molecule has 0 aromatic carbocycles. The minimum atomic E-state index is 0. The van der Waals surface area contributed by atoms with Crippen molar-refractivity contribution in [3.05, 3.63) is 0 Å². The molecule has 0 aliphatic rings. The molecule has 0 saturated carbocycles. The number of nitrogens with one attached hydrogen (secondary N) is 2. The second-order valence-electron chi connectivity index (χ2n) is 1.25. The van der Waals surface area contributed by atoms with E-state index in [2.05, 4.69) is 0 Å². The highest BCUT2D eigenvalue weighted by atomic mass is 79.9. The average Bonchev–Trinajstić information content (AvgIpc) is 1.36. The van der Waals surface area contributed by atoms with Gasteiger partial charge in [0.15, 0.2) is 0 Å². The minimum absolute atomic E-state index is 0. The van der Waals surface area contributed by atoms with Crippen molar-refractivity contribution in [2.24, 2.45) is 0 Å². The van der Waals surface area contributed by atoms with Crippen LogP contribution in [0, 0.1) is 10.8 Å². The van der Waals surface area contributed by atoms with Gasteiger partial charge >= 0.3 is 0 Å². The summed E-state index contributed by atoms with van der Waals surface area (Å²) in [5.41, 5.74) is 0.685. The normalized spacial score (nSPS) is 6.57. The molecular formula is C4H9BrN2. The Labute approximate surface area is 53.7 Å². The maximum atomic E-state index is 6.72. The van der Waals surface area contributed by atoms with Gasteiger partial charge in [0.1, 0.15) is 0 Å². The predicted octanol–water partition coefficient (Wildman–Crippen LogP) is 1.64. The van der Waals surface area contributed by atoms with Gasteiger partial charge < -0.3 is 10.8 Å². The van der Waals surface area contributed by atoms with Gasteiger partial charge in [-0.1, -0.05) is 0 Å². The summed E-state index contributed by atoms with van der Waals surface area (Å²) in [5.74, 6) is 0. The minimum Gasteiger partial charge on any atom is -0.304 e. The van der Waals surface area contributed by atoms with Gasteiger partial charge in [-0.15, -0.1) is 17.0 Å². The lowest BCUT2D eigenvalue weighted by atomic mass is 10.3. The molecule has 0 fully saturated rings. The Kier molecular flexibility index (Phi) is 5.67. The highest BCUT2D eigenvalue weighted by Gasteiger charge is 1.83. The van der Waals surface area contributed by atoms with Crippen molar-refractivity contribution in [2.45, 2.75) is 13.8 Å². The lowest BCUT2D eigenvalue weighted by Crippen LogP contribution is -1.99. The molecule has 0 bridgehead atoms. The van der Waals surface area contributed by atoms with E-state index in [1.807, 2.05) is 0 Å². The van der Waals surface area contributed by atoms with Crippen LogP contribution in [0.1, 0.15) is 13.8 Å². The van der Waals surface area contributed by atoms with Crippen molar-refractivity contribution in [3.8, 4) is 0 Å². The van der Waals surface area contributed by atoms with Crippen LogP contribution in [0.3, 0.4) is 0 Å². The topological polar surface area (TPSA) is 47.7 Å². The Hall–Kier alpha value is -0.180. The van der Waals surface area contributed by atoms with Gasteiger partial charge in [-0.05, 0) is 13.8 Å². The quantitative estimate of drug-likeness (QED) is 0.555. The fraction of sp³-hybridized carbons (Fsp3) is 0.500. The molecule has 0 aliphatic carbocycles. The van der Waals surface area contributed by atoms with Crippen molar-refractivity contribution in [3.63, 3.8) is 0 Å². The predicted molar refractivity (Wildman–Crippen MR) is 37.1 cm³/mol. The Morgan fingerprint density at radius 1 is 1.00 bits per heavy atom. The summed E-state index contributed by atoms with van der Waals surface area (Å²) in [6.45, 7) is 3.20. The van der Waals surface area contributed by atoms with Gasteiger partial charge in [0.2, 0.25) is 0 Å². The summed E-state index contributed by atoms with van der Waals surface area (Å²) in [4.78, 5) is 0. The number of hydrogen-bond acceptors (Lipinski definition) is 2. The van der Waals surface area contributed by atoms with Crippen molar-refractivity contribution in [1.29, 1.82) is 10.8 Å². The second-order valence-corrected chi connectivity index (χ2v) is 1.25. The lowest BCUT2D eigenvalue weighted by molar-refractivity contribution is 1.45. The van der Waals surface area contributed by atoms with Crippen LogP contribution in [-0.4, -0.2) is 11.4 Å². The third kappa shape index (κ3) is 5.82. The molecule has 0 aliphatic heterocycles. The summed E-state index contributed by atoms with van der Waals surface area (Å²) in [6.07, 6.45) is 0. The van der Waals surface area contributed by atoms with Crippen LogP contribution < -0.4 is 0 Å². The fourth-order valence-corrected chi connectivity index (χ4v) is 0. The fourth-order valence-electron chi connectivity index (χ4n) is 0. The highest BCUT2D eigenvalue weighted by Crippen LogP contribution is 1.69. The maximum Gasteiger partial charge on any atom is 0.0487 e. The zero-order valence-electron chi connectivity index (χ0n) is 4.41. The van der Waals surface area contributed by atoms with E-state index in [-0.39, 0.29) is 17.0 Å². The molecule has 0 saturated heterocycles. The molecule has 0 amide bonds. The molecular weight excluding hydrogens is 156 g/mol. The van der Waals surface area contributed by atoms with E-state index >= 15 is 0 Å². The summed E-state index contributed by atoms with van der Waals surface area (Å²) < 4.78 is 0. The van der Waals surface area contributed by atoms with E-state index in [0.717, 1.165) is 0 Å². The van der Waals surface area contributed by atoms with Crippen molar-refractivity contribution in [2.75, 3.05) is 0 Å². The summed E-state index contributed by atoms with van der Waals surface area (Å²) in [7, 11) is 0. The number of halogens is 1.